The third kappa shape index (κ3) is 4.09. The zero-order valence-electron chi connectivity index (χ0n) is 13.4. The van der Waals surface area contributed by atoms with E-state index in [1.807, 2.05) is 0 Å². The molecular formula is C16H18N2O6. The molecule has 0 aliphatic carbocycles. The van der Waals surface area contributed by atoms with Crippen LogP contribution in [0.1, 0.15) is 26.7 Å². The Bertz CT molecular complexity index is 812. The molecule has 0 spiro atoms. The molecule has 1 aromatic heterocycles. The second kappa shape index (κ2) is 7.58. The zero-order chi connectivity index (χ0) is 17.7. The van der Waals surface area contributed by atoms with E-state index in [0.717, 1.165) is 0 Å². The highest BCUT2D eigenvalue weighted by Crippen LogP contribution is 2.29. The highest BCUT2D eigenvalue weighted by molar-refractivity contribution is 5.94. The lowest BCUT2D eigenvalue weighted by atomic mass is 10.2. The van der Waals surface area contributed by atoms with Crippen molar-refractivity contribution in [2.45, 2.75) is 32.8 Å². The first-order valence-electron chi connectivity index (χ1n) is 7.53. The van der Waals surface area contributed by atoms with Gasteiger partial charge in [0.2, 0.25) is 0 Å². The van der Waals surface area contributed by atoms with E-state index in [2.05, 4.69) is 5.32 Å². The first-order chi connectivity index (χ1) is 11.4. The number of nitro groups is 1. The Morgan fingerprint density at radius 3 is 2.75 bits per heavy atom. The van der Waals surface area contributed by atoms with Crippen LogP contribution >= 0.6 is 0 Å². The third-order valence-electron chi connectivity index (χ3n) is 3.20. The first kappa shape index (κ1) is 17.5. The molecule has 128 valence electrons. The predicted octanol–water partition coefficient (Wildman–Crippen LogP) is 2.84. The number of anilines is 1. The summed E-state index contributed by atoms with van der Waals surface area (Å²) in [6, 6.07) is 6.55. The lowest BCUT2D eigenvalue weighted by Crippen LogP contribution is -2.15. The minimum atomic E-state index is -1.01. The molecule has 2 rings (SSSR count). The van der Waals surface area contributed by atoms with Crippen LogP contribution in [0, 0.1) is 10.1 Å². The quantitative estimate of drug-likeness (QED) is 0.272. The molecular weight excluding hydrogens is 316 g/mol. The largest absolute Gasteiger partial charge is 0.463 e. The van der Waals surface area contributed by atoms with Gasteiger partial charge in [-0.15, -0.1) is 0 Å². The highest BCUT2D eigenvalue weighted by atomic mass is 16.6. The molecule has 0 unspecified atom stereocenters. The van der Waals surface area contributed by atoms with E-state index < -0.39 is 16.2 Å². The molecule has 0 aliphatic rings. The summed E-state index contributed by atoms with van der Waals surface area (Å²) in [5.74, 6) is -0.335. The van der Waals surface area contributed by atoms with Crippen LogP contribution in [-0.2, 0) is 9.53 Å². The number of hydrogen-bond donors (Lipinski definition) is 1. The van der Waals surface area contributed by atoms with Crippen LogP contribution in [0.4, 0.5) is 11.4 Å². The molecule has 0 radical (unpaired) electrons. The minimum absolute atomic E-state index is 0.101. The van der Waals surface area contributed by atoms with Gasteiger partial charge in [0, 0.05) is 18.4 Å². The Hall–Kier alpha value is -2.90. The topological polar surface area (TPSA) is 112 Å². The van der Waals surface area contributed by atoms with Crippen molar-refractivity contribution in [3.63, 3.8) is 0 Å². The summed E-state index contributed by atoms with van der Waals surface area (Å²) in [7, 11) is 0. The summed E-state index contributed by atoms with van der Waals surface area (Å²) in [6.07, 6.45) is 0.407. The molecule has 0 atom stereocenters. The second-order valence-corrected chi connectivity index (χ2v) is 5.44. The van der Waals surface area contributed by atoms with E-state index in [9.17, 15) is 19.7 Å². The number of nitrogens with one attached hydrogen (secondary N) is 1. The maximum absolute atomic E-state index is 11.8. The van der Waals surface area contributed by atoms with Gasteiger partial charge in [-0.2, -0.15) is 0 Å². The lowest BCUT2D eigenvalue weighted by Gasteiger charge is -2.10. The number of fused-ring (bicyclic) bond motifs is 1. The monoisotopic (exact) mass is 334 g/mol. The summed E-state index contributed by atoms with van der Waals surface area (Å²) in [5, 5.41) is 14.5. The molecule has 0 bridgehead atoms. The number of rotatable bonds is 7. The van der Waals surface area contributed by atoms with Crippen LogP contribution in [-0.4, -0.2) is 23.5 Å². The minimum Gasteiger partial charge on any atom is -0.463 e. The standard InChI is InChI=1S/C16H18N2O6/c1-10(2)23-13(19)8-5-9-17-14-11-6-3-4-7-12(11)24-16(20)15(14)18(21)22/h3-4,6-7,10,17H,5,8-9H2,1-2H3. The normalized spacial score (nSPS) is 10.8. The molecule has 0 aliphatic heterocycles. The summed E-state index contributed by atoms with van der Waals surface area (Å²) >= 11 is 0. The first-order valence-corrected chi connectivity index (χ1v) is 7.53. The Kier molecular flexibility index (Phi) is 5.51. The molecule has 24 heavy (non-hydrogen) atoms. The number of nitrogens with zero attached hydrogens (tertiary/aromatic N) is 1. The lowest BCUT2D eigenvalue weighted by molar-refractivity contribution is -0.386. The van der Waals surface area contributed by atoms with Gasteiger partial charge >= 0.3 is 17.3 Å². The van der Waals surface area contributed by atoms with E-state index in [1.54, 1.807) is 38.1 Å². The van der Waals surface area contributed by atoms with E-state index in [4.69, 9.17) is 9.15 Å². The van der Waals surface area contributed by atoms with Gasteiger partial charge in [0.25, 0.3) is 0 Å². The summed E-state index contributed by atoms with van der Waals surface area (Å²) in [5.41, 5.74) is -1.29. The Balaban J connectivity index is 2.18. The van der Waals surface area contributed by atoms with Crippen LogP contribution in [0.15, 0.2) is 33.5 Å². The van der Waals surface area contributed by atoms with Crippen LogP contribution < -0.4 is 10.9 Å². The number of hydrogen-bond acceptors (Lipinski definition) is 7. The van der Waals surface area contributed by atoms with Gasteiger partial charge < -0.3 is 14.5 Å². The van der Waals surface area contributed by atoms with Crippen LogP contribution in [0.2, 0.25) is 0 Å². The molecule has 0 fully saturated rings. The van der Waals surface area contributed by atoms with Crippen LogP contribution in [0.25, 0.3) is 11.0 Å². The number of para-hydroxylation sites is 1. The van der Waals surface area contributed by atoms with Gasteiger partial charge in [-0.05, 0) is 32.4 Å². The van der Waals surface area contributed by atoms with Crippen LogP contribution in [0.3, 0.4) is 0 Å². The molecule has 8 heteroatoms. The summed E-state index contributed by atoms with van der Waals surface area (Å²) in [4.78, 5) is 33.7. The van der Waals surface area contributed by atoms with E-state index in [0.29, 0.717) is 11.8 Å². The summed E-state index contributed by atoms with van der Waals surface area (Å²) < 4.78 is 9.99. The summed E-state index contributed by atoms with van der Waals surface area (Å²) in [6.45, 7) is 3.80. The SMILES string of the molecule is CC(C)OC(=O)CCCNc1c([N+](=O)[O-])c(=O)oc2ccccc12. The third-order valence-corrected chi connectivity index (χ3v) is 3.20. The molecule has 8 nitrogen and oxygen atoms in total. The number of ether oxygens (including phenoxy) is 1. The smallest absolute Gasteiger partial charge is 0.417 e. The maximum Gasteiger partial charge on any atom is 0.417 e. The van der Waals surface area contributed by atoms with Crippen molar-refractivity contribution in [2.75, 3.05) is 11.9 Å². The van der Waals surface area contributed by atoms with Crippen molar-refractivity contribution in [1.82, 2.24) is 0 Å². The molecule has 1 aromatic carbocycles. The molecule has 0 saturated heterocycles. The van der Waals surface area contributed by atoms with E-state index >= 15 is 0 Å². The van der Waals surface area contributed by atoms with Crippen molar-refractivity contribution in [3.8, 4) is 0 Å². The number of esters is 1. The molecule has 0 amide bonds. The van der Waals surface area contributed by atoms with Crippen LogP contribution in [0.5, 0.6) is 0 Å². The van der Waals surface area contributed by atoms with Crippen molar-refractivity contribution >= 4 is 28.3 Å². The predicted molar refractivity (Wildman–Crippen MR) is 88.1 cm³/mol. The number of carbonyl (C=O) groups excluding carboxylic acids is 1. The van der Waals surface area contributed by atoms with Crippen molar-refractivity contribution < 1.29 is 18.9 Å². The van der Waals surface area contributed by atoms with E-state index in [-0.39, 0.29) is 36.3 Å². The highest BCUT2D eigenvalue weighted by Gasteiger charge is 2.24. The molecule has 2 aromatic rings. The van der Waals surface area contributed by atoms with Crippen molar-refractivity contribution in [3.05, 3.63) is 44.8 Å². The Labute approximate surface area is 137 Å². The maximum atomic E-state index is 11.8. The Morgan fingerprint density at radius 1 is 1.38 bits per heavy atom. The van der Waals surface area contributed by atoms with Gasteiger partial charge in [0.1, 0.15) is 11.3 Å². The second-order valence-electron chi connectivity index (χ2n) is 5.44. The van der Waals surface area contributed by atoms with Gasteiger partial charge in [-0.1, -0.05) is 12.1 Å². The molecule has 1 heterocycles. The molecule has 0 saturated carbocycles. The zero-order valence-corrected chi connectivity index (χ0v) is 13.4. The molecule has 1 N–H and O–H groups in total. The van der Waals surface area contributed by atoms with Gasteiger partial charge in [0.05, 0.1) is 11.0 Å². The number of carbonyl (C=O) groups is 1. The average Bonchev–Trinajstić information content (AvgIpc) is 2.49. The van der Waals surface area contributed by atoms with Crippen molar-refractivity contribution in [1.29, 1.82) is 0 Å². The fraction of sp³-hybridized carbons (Fsp3) is 0.375. The van der Waals surface area contributed by atoms with Gasteiger partial charge in [0.15, 0.2) is 0 Å². The van der Waals surface area contributed by atoms with Gasteiger partial charge in [-0.25, -0.2) is 4.79 Å². The average molecular weight is 334 g/mol. The fourth-order valence-corrected chi connectivity index (χ4v) is 2.25. The number of benzene rings is 1. The Morgan fingerprint density at radius 2 is 2.08 bits per heavy atom. The van der Waals surface area contributed by atoms with Crippen molar-refractivity contribution in [2.24, 2.45) is 0 Å². The fourth-order valence-electron chi connectivity index (χ4n) is 2.25. The van der Waals surface area contributed by atoms with E-state index in [1.165, 1.54) is 0 Å². The van der Waals surface area contributed by atoms with Gasteiger partial charge in [-0.3, -0.25) is 14.9 Å².